The third kappa shape index (κ3) is 7.61. The molecule has 1 N–H and O–H groups in total. The number of hydrogen-bond donors (Lipinski definition) is 1. The van der Waals surface area contributed by atoms with Gasteiger partial charge in [-0.2, -0.15) is 0 Å². The topological polar surface area (TPSA) is 72.8 Å². The molecule has 2 aliphatic rings. The van der Waals surface area contributed by atoms with Crippen LogP contribution in [0.3, 0.4) is 0 Å². The van der Waals surface area contributed by atoms with Crippen LogP contribution < -0.4 is 0 Å². The zero-order chi connectivity index (χ0) is 21.2. The van der Waals surface area contributed by atoms with E-state index in [4.69, 9.17) is 4.74 Å². The first kappa shape index (κ1) is 23.7. The summed E-state index contributed by atoms with van der Waals surface area (Å²) in [4.78, 5) is 22.6. The van der Waals surface area contributed by atoms with Gasteiger partial charge in [-0.15, -0.1) is 0 Å². The van der Waals surface area contributed by atoms with E-state index in [1.54, 1.807) is 0 Å². The van der Waals surface area contributed by atoms with Gasteiger partial charge in [-0.25, -0.2) is 0 Å². The second-order valence-corrected chi connectivity index (χ2v) is 8.55. The van der Waals surface area contributed by atoms with Crippen molar-refractivity contribution in [3.8, 4) is 0 Å². The summed E-state index contributed by atoms with van der Waals surface area (Å²) in [6.07, 6.45) is 15.2. The van der Waals surface area contributed by atoms with E-state index < -0.39 is 0 Å². The molecule has 0 aromatic rings. The molecule has 4 unspecified atom stereocenters. The van der Waals surface area contributed by atoms with Crippen molar-refractivity contribution in [3.05, 3.63) is 23.8 Å². The normalized spacial score (nSPS) is 27.0. The van der Waals surface area contributed by atoms with E-state index in [1.807, 2.05) is 6.08 Å². The first-order chi connectivity index (χ1) is 13.9. The first-order valence-corrected chi connectivity index (χ1v) is 11.2. The number of fused-ring (bicyclic) bond motifs is 1. The average molecular weight is 407 g/mol. The molecule has 2 rings (SSSR count). The fraction of sp³-hybridized carbons (Fsp3) is 0.750. The molecule has 2 aliphatic carbocycles. The van der Waals surface area contributed by atoms with Crippen molar-refractivity contribution in [2.45, 2.75) is 90.3 Å². The number of allylic oxidation sites excluding steroid dienone is 2. The Morgan fingerprint density at radius 1 is 1.28 bits per heavy atom. The Labute approximate surface area is 175 Å². The summed E-state index contributed by atoms with van der Waals surface area (Å²) >= 11 is 0. The number of ether oxygens (including phenoxy) is 2. The van der Waals surface area contributed by atoms with Crippen LogP contribution in [0.5, 0.6) is 0 Å². The predicted octanol–water partition coefficient (Wildman–Crippen LogP) is 4.73. The lowest BCUT2D eigenvalue weighted by atomic mass is 9.88. The molecule has 0 aromatic heterocycles. The highest BCUT2D eigenvalue weighted by Gasteiger charge is 2.43. The van der Waals surface area contributed by atoms with Crippen LogP contribution in [-0.2, 0) is 19.1 Å². The van der Waals surface area contributed by atoms with Crippen molar-refractivity contribution in [3.63, 3.8) is 0 Å². The standard InChI is InChI=1S/C24H38O5/c1-4-5-6-10-20(29-17(2)25)12-13-21-22-15-18(14-19(22)16-23(21)26)9-7-8-11-24(27)28-3/h12-14,19-23,26H,4-11,15-16H2,1-3H3/b13-12+/t19?,20-,21?,22?,23?/m0/s1. The van der Waals surface area contributed by atoms with Crippen LogP contribution in [0, 0.1) is 17.8 Å². The number of hydrogen-bond acceptors (Lipinski definition) is 5. The van der Waals surface area contributed by atoms with Crippen molar-refractivity contribution >= 4 is 11.9 Å². The maximum atomic E-state index is 11.4. The van der Waals surface area contributed by atoms with Gasteiger partial charge in [0.25, 0.3) is 0 Å². The van der Waals surface area contributed by atoms with Crippen LogP contribution in [0.1, 0.15) is 78.1 Å². The van der Waals surface area contributed by atoms with Crippen LogP contribution in [0.4, 0.5) is 0 Å². The molecule has 0 heterocycles. The Morgan fingerprint density at radius 3 is 2.76 bits per heavy atom. The molecule has 0 saturated heterocycles. The molecule has 0 radical (unpaired) electrons. The lowest BCUT2D eigenvalue weighted by molar-refractivity contribution is -0.144. The highest BCUT2D eigenvalue weighted by Crippen LogP contribution is 2.48. The minimum Gasteiger partial charge on any atom is -0.469 e. The van der Waals surface area contributed by atoms with Gasteiger partial charge in [0.2, 0.25) is 0 Å². The molecule has 0 aromatic carbocycles. The van der Waals surface area contributed by atoms with Gasteiger partial charge in [-0.05, 0) is 62.9 Å². The van der Waals surface area contributed by atoms with E-state index in [9.17, 15) is 14.7 Å². The molecule has 5 nitrogen and oxygen atoms in total. The molecule has 1 saturated carbocycles. The third-order valence-electron chi connectivity index (χ3n) is 6.26. The molecule has 0 amide bonds. The molecule has 5 atom stereocenters. The van der Waals surface area contributed by atoms with E-state index in [0.29, 0.717) is 18.3 Å². The monoisotopic (exact) mass is 406 g/mol. The van der Waals surface area contributed by atoms with Gasteiger partial charge in [0.05, 0.1) is 13.2 Å². The number of rotatable bonds is 12. The second kappa shape index (κ2) is 12.2. The van der Waals surface area contributed by atoms with Crippen LogP contribution in [0.2, 0.25) is 0 Å². The largest absolute Gasteiger partial charge is 0.469 e. The Kier molecular flexibility index (Phi) is 9.92. The van der Waals surface area contributed by atoms with Crippen LogP contribution in [0.15, 0.2) is 23.8 Å². The van der Waals surface area contributed by atoms with Gasteiger partial charge < -0.3 is 14.6 Å². The fourth-order valence-electron chi connectivity index (χ4n) is 4.77. The number of carbonyl (C=O) groups excluding carboxylic acids is 2. The predicted molar refractivity (Wildman–Crippen MR) is 113 cm³/mol. The first-order valence-electron chi connectivity index (χ1n) is 11.2. The van der Waals surface area contributed by atoms with E-state index in [0.717, 1.165) is 57.8 Å². The summed E-state index contributed by atoms with van der Waals surface area (Å²) in [5.74, 6) is 0.593. The molecular formula is C24H38O5. The van der Waals surface area contributed by atoms with Gasteiger partial charge in [-0.3, -0.25) is 9.59 Å². The molecule has 5 heteroatoms. The molecule has 0 aliphatic heterocycles. The van der Waals surface area contributed by atoms with Crippen molar-refractivity contribution in [2.24, 2.45) is 17.8 Å². The summed E-state index contributed by atoms with van der Waals surface area (Å²) in [6.45, 7) is 3.61. The Balaban J connectivity index is 1.86. The van der Waals surface area contributed by atoms with Gasteiger partial charge >= 0.3 is 11.9 Å². The molecule has 29 heavy (non-hydrogen) atoms. The third-order valence-corrected chi connectivity index (χ3v) is 6.26. The lowest BCUT2D eigenvalue weighted by Crippen LogP contribution is -2.19. The fourth-order valence-corrected chi connectivity index (χ4v) is 4.77. The number of esters is 2. The van der Waals surface area contributed by atoms with E-state index in [2.05, 4.69) is 23.8 Å². The average Bonchev–Trinajstić information content (AvgIpc) is 3.19. The number of aliphatic hydroxyl groups excluding tert-OH is 1. The number of carbonyl (C=O) groups is 2. The zero-order valence-corrected chi connectivity index (χ0v) is 18.3. The minimum absolute atomic E-state index is 0.119. The van der Waals surface area contributed by atoms with Crippen LogP contribution in [0.25, 0.3) is 0 Å². The van der Waals surface area contributed by atoms with Gasteiger partial charge in [0.1, 0.15) is 6.10 Å². The molecule has 1 fully saturated rings. The summed E-state index contributed by atoms with van der Waals surface area (Å²) in [7, 11) is 1.43. The molecular weight excluding hydrogens is 368 g/mol. The van der Waals surface area contributed by atoms with E-state index in [-0.39, 0.29) is 30.1 Å². The number of methoxy groups -OCH3 is 1. The Bertz CT molecular complexity index is 594. The molecule has 0 bridgehead atoms. The molecule has 164 valence electrons. The smallest absolute Gasteiger partial charge is 0.305 e. The van der Waals surface area contributed by atoms with E-state index >= 15 is 0 Å². The van der Waals surface area contributed by atoms with Crippen molar-refractivity contribution < 1.29 is 24.2 Å². The second-order valence-electron chi connectivity index (χ2n) is 8.55. The summed E-state index contributed by atoms with van der Waals surface area (Å²) in [6, 6.07) is 0. The highest BCUT2D eigenvalue weighted by molar-refractivity contribution is 5.69. The van der Waals surface area contributed by atoms with Crippen molar-refractivity contribution in [1.82, 2.24) is 0 Å². The SMILES string of the molecule is CCCCC[C@@H](/C=C/C1C(O)CC2C=C(CCCCC(=O)OC)CC21)OC(C)=O. The van der Waals surface area contributed by atoms with Gasteiger partial charge in [-0.1, -0.05) is 37.5 Å². The van der Waals surface area contributed by atoms with Crippen molar-refractivity contribution in [2.75, 3.05) is 7.11 Å². The quantitative estimate of drug-likeness (QED) is 0.288. The van der Waals surface area contributed by atoms with Crippen LogP contribution >= 0.6 is 0 Å². The summed E-state index contributed by atoms with van der Waals surface area (Å²) in [5.41, 5.74) is 1.45. The minimum atomic E-state index is -0.327. The zero-order valence-electron chi connectivity index (χ0n) is 18.3. The summed E-state index contributed by atoms with van der Waals surface area (Å²) in [5, 5.41) is 10.6. The maximum absolute atomic E-state index is 11.4. The lowest BCUT2D eigenvalue weighted by Gasteiger charge is -2.20. The summed E-state index contributed by atoms with van der Waals surface area (Å²) < 4.78 is 10.1. The van der Waals surface area contributed by atoms with Gasteiger partial charge in [0, 0.05) is 19.3 Å². The highest BCUT2D eigenvalue weighted by atomic mass is 16.5. The number of unbranched alkanes of at least 4 members (excludes halogenated alkanes) is 3. The number of aliphatic hydroxyl groups is 1. The Morgan fingerprint density at radius 2 is 2.07 bits per heavy atom. The molecule has 0 spiro atoms. The maximum Gasteiger partial charge on any atom is 0.305 e. The van der Waals surface area contributed by atoms with E-state index in [1.165, 1.54) is 19.6 Å². The Hall–Kier alpha value is -1.62. The van der Waals surface area contributed by atoms with Crippen molar-refractivity contribution in [1.29, 1.82) is 0 Å². The van der Waals surface area contributed by atoms with Gasteiger partial charge in [0.15, 0.2) is 0 Å². The van der Waals surface area contributed by atoms with Crippen LogP contribution in [-0.4, -0.2) is 36.4 Å².